The summed E-state index contributed by atoms with van der Waals surface area (Å²) in [4.78, 5) is 29.3. The van der Waals surface area contributed by atoms with E-state index in [2.05, 4.69) is 26.8 Å². The van der Waals surface area contributed by atoms with Gasteiger partial charge in [-0.3, -0.25) is 0 Å². The van der Waals surface area contributed by atoms with Crippen molar-refractivity contribution < 1.29 is 24.2 Å². The van der Waals surface area contributed by atoms with Crippen LogP contribution in [0.15, 0.2) is 72.8 Å². The zero-order valence-electron chi connectivity index (χ0n) is 23.2. The normalized spacial score (nSPS) is 16.0. The molecule has 0 saturated carbocycles. The molecule has 204 valence electrons. The molecule has 0 saturated heterocycles. The van der Waals surface area contributed by atoms with Gasteiger partial charge >= 0.3 is 11.9 Å². The minimum atomic E-state index is -0.925. The lowest BCUT2D eigenvalue weighted by Gasteiger charge is -2.36. The van der Waals surface area contributed by atoms with E-state index in [1.807, 2.05) is 60.7 Å². The molecule has 6 heteroatoms. The number of allylic oxidation sites excluding steroid dienone is 1. The molecule has 1 aliphatic carbocycles. The van der Waals surface area contributed by atoms with Crippen molar-refractivity contribution in [2.75, 3.05) is 7.11 Å². The molecule has 0 amide bonds. The second-order valence-corrected chi connectivity index (χ2v) is 11.3. The SMILES string of the molecule is COC(=O)c1ccc(COc2ccccc2C=C2CC(C(C)(C)C)Cc3c2nc2ccccc2c3C(=O)O)cc1. The minimum absolute atomic E-state index is 0.0232. The lowest BCUT2D eigenvalue weighted by molar-refractivity contribution is 0.0599. The number of benzene rings is 3. The molecule has 6 nitrogen and oxygen atoms in total. The standard InChI is InChI=1S/C34H33NO5/c1-34(2,3)25-18-24(31-27(19-25)30(32(36)37)26-10-6-7-11-28(26)35-31)17-23-9-5-8-12-29(23)40-20-21-13-15-22(16-14-21)33(38)39-4/h5-17,25H,18-20H2,1-4H3,(H,36,37). The number of esters is 1. The van der Waals surface area contributed by atoms with E-state index in [1.54, 1.807) is 12.1 Å². The summed E-state index contributed by atoms with van der Waals surface area (Å²) >= 11 is 0. The van der Waals surface area contributed by atoms with Gasteiger partial charge in [-0.05, 0) is 71.2 Å². The number of carboxylic acid groups (broad SMARTS) is 1. The van der Waals surface area contributed by atoms with Gasteiger partial charge in [0.25, 0.3) is 0 Å². The van der Waals surface area contributed by atoms with Crippen molar-refractivity contribution in [3.63, 3.8) is 0 Å². The molecule has 0 radical (unpaired) electrons. The first-order valence-corrected chi connectivity index (χ1v) is 13.4. The van der Waals surface area contributed by atoms with E-state index in [0.29, 0.717) is 40.8 Å². The smallest absolute Gasteiger partial charge is 0.337 e. The molecule has 1 N–H and O–H groups in total. The van der Waals surface area contributed by atoms with Gasteiger partial charge in [0.05, 0.1) is 29.4 Å². The number of fused-ring (bicyclic) bond motifs is 2. The van der Waals surface area contributed by atoms with Gasteiger partial charge in [0.2, 0.25) is 0 Å². The third-order valence-electron chi connectivity index (χ3n) is 7.67. The molecule has 1 aliphatic rings. The predicted octanol–water partition coefficient (Wildman–Crippen LogP) is 7.45. The molecule has 0 aliphatic heterocycles. The Labute approximate surface area is 234 Å². The summed E-state index contributed by atoms with van der Waals surface area (Å²) in [6.45, 7) is 6.95. The maximum Gasteiger partial charge on any atom is 0.337 e. The van der Waals surface area contributed by atoms with E-state index in [-0.39, 0.29) is 17.3 Å². The Kier molecular flexibility index (Phi) is 7.44. The number of hydrogen-bond acceptors (Lipinski definition) is 5. The summed E-state index contributed by atoms with van der Waals surface area (Å²) in [5.74, 6) is -0.344. The summed E-state index contributed by atoms with van der Waals surface area (Å²) in [7, 11) is 1.36. The number of methoxy groups -OCH3 is 1. The summed E-state index contributed by atoms with van der Waals surface area (Å²) in [6.07, 6.45) is 3.54. The molecule has 3 aromatic carbocycles. The fourth-order valence-corrected chi connectivity index (χ4v) is 5.32. The number of carboxylic acids is 1. The lowest BCUT2D eigenvalue weighted by Crippen LogP contribution is -2.28. The van der Waals surface area contributed by atoms with Crippen LogP contribution in [0.5, 0.6) is 5.75 Å². The Morgan fingerprint density at radius 1 is 0.975 bits per heavy atom. The second kappa shape index (κ2) is 11.0. The molecule has 1 aromatic heterocycles. The quantitative estimate of drug-likeness (QED) is 0.258. The van der Waals surface area contributed by atoms with E-state index < -0.39 is 5.97 Å². The number of aromatic nitrogens is 1. The van der Waals surface area contributed by atoms with Crippen LogP contribution in [0.25, 0.3) is 22.6 Å². The third-order valence-corrected chi connectivity index (χ3v) is 7.67. The van der Waals surface area contributed by atoms with Gasteiger partial charge in [0.1, 0.15) is 12.4 Å². The summed E-state index contributed by atoms with van der Waals surface area (Å²) in [6, 6.07) is 22.4. The first-order chi connectivity index (χ1) is 19.2. The third kappa shape index (κ3) is 5.48. The van der Waals surface area contributed by atoms with E-state index in [0.717, 1.165) is 34.4 Å². The number of ether oxygens (including phenoxy) is 2. The average molecular weight is 536 g/mol. The first kappa shape index (κ1) is 27.1. The highest BCUT2D eigenvalue weighted by molar-refractivity contribution is 6.06. The van der Waals surface area contributed by atoms with Crippen LogP contribution in [-0.4, -0.2) is 29.1 Å². The van der Waals surface area contributed by atoms with Crippen LogP contribution >= 0.6 is 0 Å². The molecule has 0 fully saturated rings. The van der Waals surface area contributed by atoms with Crippen molar-refractivity contribution >= 4 is 34.5 Å². The van der Waals surface area contributed by atoms with E-state index in [4.69, 9.17) is 14.5 Å². The summed E-state index contributed by atoms with van der Waals surface area (Å²) < 4.78 is 11.0. The van der Waals surface area contributed by atoms with Gasteiger partial charge < -0.3 is 14.6 Å². The van der Waals surface area contributed by atoms with Crippen LogP contribution in [0.2, 0.25) is 0 Å². The predicted molar refractivity (Wildman–Crippen MR) is 156 cm³/mol. The van der Waals surface area contributed by atoms with Crippen molar-refractivity contribution in [3.8, 4) is 5.75 Å². The van der Waals surface area contributed by atoms with E-state index in [9.17, 15) is 14.7 Å². The second-order valence-electron chi connectivity index (χ2n) is 11.3. The molecular formula is C34H33NO5. The molecule has 1 unspecified atom stereocenters. The summed E-state index contributed by atoms with van der Waals surface area (Å²) in [5.41, 5.74) is 5.87. The zero-order valence-corrected chi connectivity index (χ0v) is 23.2. The van der Waals surface area contributed by atoms with Gasteiger partial charge in [-0.15, -0.1) is 0 Å². The molecule has 0 bridgehead atoms. The number of para-hydroxylation sites is 2. The Balaban J connectivity index is 1.55. The zero-order chi connectivity index (χ0) is 28.4. The van der Waals surface area contributed by atoms with Crippen LogP contribution in [0.1, 0.15) is 70.3 Å². The first-order valence-electron chi connectivity index (χ1n) is 13.4. The van der Waals surface area contributed by atoms with Crippen molar-refractivity contribution in [1.29, 1.82) is 0 Å². The number of pyridine rings is 1. The van der Waals surface area contributed by atoms with Gasteiger partial charge in [0.15, 0.2) is 0 Å². The van der Waals surface area contributed by atoms with Crippen molar-refractivity contribution in [2.45, 2.75) is 40.2 Å². The lowest BCUT2D eigenvalue weighted by atomic mass is 9.69. The van der Waals surface area contributed by atoms with Crippen molar-refractivity contribution in [2.24, 2.45) is 11.3 Å². The topological polar surface area (TPSA) is 85.7 Å². The molecular weight excluding hydrogens is 502 g/mol. The minimum Gasteiger partial charge on any atom is -0.488 e. The highest BCUT2D eigenvalue weighted by Gasteiger charge is 2.35. The highest BCUT2D eigenvalue weighted by Crippen LogP contribution is 2.45. The van der Waals surface area contributed by atoms with Gasteiger partial charge in [-0.1, -0.05) is 69.3 Å². The fraction of sp³-hybridized carbons (Fsp3) is 0.265. The maximum absolute atomic E-state index is 12.6. The average Bonchev–Trinajstić information content (AvgIpc) is 2.94. The van der Waals surface area contributed by atoms with Crippen LogP contribution in [0, 0.1) is 11.3 Å². The molecule has 5 rings (SSSR count). The van der Waals surface area contributed by atoms with Crippen LogP contribution < -0.4 is 4.74 Å². The van der Waals surface area contributed by atoms with Crippen LogP contribution in [0.3, 0.4) is 0 Å². The number of nitrogens with zero attached hydrogens (tertiary/aromatic N) is 1. The maximum atomic E-state index is 12.6. The number of aromatic carboxylic acids is 1. The Morgan fingerprint density at radius 3 is 2.38 bits per heavy atom. The van der Waals surface area contributed by atoms with E-state index >= 15 is 0 Å². The fourth-order valence-electron chi connectivity index (χ4n) is 5.32. The van der Waals surface area contributed by atoms with Crippen molar-refractivity contribution in [3.05, 3.63) is 106 Å². The highest BCUT2D eigenvalue weighted by atomic mass is 16.5. The number of carbonyl (C=O) groups is 2. The molecule has 1 heterocycles. The van der Waals surface area contributed by atoms with Crippen LogP contribution in [-0.2, 0) is 17.8 Å². The largest absolute Gasteiger partial charge is 0.488 e. The Morgan fingerprint density at radius 2 is 1.68 bits per heavy atom. The van der Waals surface area contributed by atoms with Gasteiger partial charge in [-0.25, -0.2) is 14.6 Å². The molecule has 0 spiro atoms. The Bertz CT molecular complexity index is 1610. The number of hydrogen-bond donors (Lipinski definition) is 1. The van der Waals surface area contributed by atoms with Gasteiger partial charge in [0, 0.05) is 10.9 Å². The number of rotatable bonds is 6. The monoisotopic (exact) mass is 535 g/mol. The summed E-state index contributed by atoms with van der Waals surface area (Å²) in [5, 5.41) is 11.0. The Hall–Kier alpha value is -4.45. The molecule has 1 atom stereocenters. The molecule has 40 heavy (non-hydrogen) atoms. The van der Waals surface area contributed by atoms with E-state index in [1.165, 1.54) is 7.11 Å². The molecule has 4 aromatic rings. The van der Waals surface area contributed by atoms with Gasteiger partial charge in [-0.2, -0.15) is 0 Å². The number of carbonyl (C=O) groups excluding carboxylic acids is 1. The van der Waals surface area contributed by atoms with Crippen LogP contribution in [0.4, 0.5) is 0 Å². The van der Waals surface area contributed by atoms with Crippen molar-refractivity contribution in [1.82, 2.24) is 4.98 Å².